The average molecular weight is 682 g/mol. The van der Waals surface area contributed by atoms with Crippen LogP contribution in [0.25, 0.3) is 104 Å². The maximum Gasteiger partial charge on any atom is 0.164 e. The lowest BCUT2D eigenvalue weighted by Gasteiger charge is -2.11. The zero-order valence-electron chi connectivity index (χ0n) is 27.7. The molecule has 0 aliphatic rings. The first-order chi connectivity index (χ1) is 25.7. The standard InChI is InChI=1S/C46H27N5S/c1-3-11-29(12-4-1)43-48-44(30-13-5-2-6-14-30)50-45(49-43)31-21-19-28(20-22-31)39-27-37-35-17-9-10-18-40(35)52-42(37)46-47-41-36-26-33-16-8-7-15-32(33)25-34(36)23-24-38(41)51(39)46/h1-27H. The molecule has 5 nitrogen and oxygen atoms in total. The van der Waals surface area contributed by atoms with Gasteiger partial charge in [-0.25, -0.2) is 19.9 Å². The first-order valence-electron chi connectivity index (χ1n) is 17.3. The highest BCUT2D eigenvalue weighted by atomic mass is 32.1. The second kappa shape index (κ2) is 11.4. The first-order valence-corrected chi connectivity index (χ1v) is 18.1. The van der Waals surface area contributed by atoms with Crippen LogP contribution in [-0.4, -0.2) is 24.3 Å². The quantitative estimate of drug-likeness (QED) is 0.174. The van der Waals surface area contributed by atoms with Crippen molar-refractivity contribution in [2.45, 2.75) is 0 Å². The number of rotatable bonds is 4. The molecule has 0 aliphatic heterocycles. The molecule has 4 heterocycles. The van der Waals surface area contributed by atoms with Gasteiger partial charge in [-0.15, -0.1) is 11.3 Å². The number of fused-ring (bicyclic) bond motifs is 10. The molecule has 0 fully saturated rings. The van der Waals surface area contributed by atoms with Gasteiger partial charge in [-0.3, -0.25) is 4.40 Å². The minimum atomic E-state index is 0.635. The van der Waals surface area contributed by atoms with E-state index in [4.69, 9.17) is 19.9 Å². The van der Waals surface area contributed by atoms with Gasteiger partial charge in [-0.2, -0.15) is 0 Å². The van der Waals surface area contributed by atoms with Crippen LogP contribution in [0.1, 0.15) is 0 Å². The molecule has 0 bridgehead atoms. The van der Waals surface area contributed by atoms with Crippen molar-refractivity contribution in [3.63, 3.8) is 0 Å². The monoisotopic (exact) mass is 681 g/mol. The van der Waals surface area contributed by atoms with Crippen LogP contribution in [0.2, 0.25) is 0 Å². The van der Waals surface area contributed by atoms with Crippen molar-refractivity contribution in [2.75, 3.05) is 0 Å². The molecule has 0 N–H and O–H groups in total. The minimum Gasteiger partial charge on any atom is -0.291 e. The molecule has 242 valence electrons. The minimum absolute atomic E-state index is 0.635. The van der Waals surface area contributed by atoms with E-state index in [0.717, 1.165) is 50.0 Å². The van der Waals surface area contributed by atoms with Gasteiger partial charge in [0.25, 0.3) is 0 Å². The first kappa shape index (κ1) is 29.0. The predicted octanol–water partition coefficient (Wildman–Crippen LogP) is 12.0. The molecule has 52 heavy (non-hydrogen) atoms. The van der Waals surface area contributed by atoms with Gasteiger partial charge in [-0.05, 0) is 52.1 Å². The van der Waals surface area contributed by atoms with Crippen LogP contribution >= 0.6 is 11.3 Å². The summed E-state index contributed by atoms with van der Waals surface area (Å²) in [6.45, 7) is 0. The van der Waals surface area contributed by atoms with E-state index in [1.807, 2.05) is 72.0 Å². The Morgan fingerprint density at radius 2 is 0.981 bits per heavy atom. The lowest BCUT2D eigenvalue weighted by atomic mass is 10.0. The summed E-state index contributed by atoms with van der Waals surface area (Å²) in [7, 11) is 0. The zero-order chi connectivity index (χ0) is 34.2. The van der Waals surface area contributed by atoms with E-state index in [2.05, 4.69) is 108 Å². The number of imidazole rings is 1. The predicted molar refractivity (Wildman–Crippen MR) is 216 cm³/mol. The number of hydrogen-bond acceptors (Lipinski definition) is 5. The maximum atomic E-state index is 5.45. The number of hydrogen-bond donors (Lipinski definition) is 0. The van der Waals surface area contributed by atoms with Crippen molar-refractivity contribution >= 4 is 69.7 Å². The summed E-state index contributed by atoms with van der Waals surface area (Å²) in [5.41, 5.74) is 8.08. The van der Waals surface area contributed by atoms with Crippen molar-refractivity contribution in [1.29, 1.82) is 0 Å². The van der Waals surface area contributed by atoms with Gasteiger partial charge in [0, 0.05) is 37.5 Å². The number of thiophene rings is 1. The van der Waals surface area contributed by atoms with Crippen molar-refractivity contribution in [3.05, 3.63) is 164 Å². The number of aromatic nitrogens is 5. The summed E-state index contributed by atoms with van der Waals surface area (Å²) in [6, 6.07) is 57.4. The zero-order valence-corrected chi connectivity index (χ0v) is 28.5. The Hall–Kier alpha value is -6.76. The molecule has 11 aromatic rings. The SMILES string of the molecule is c1ccc(-c2nc(-c3ccccc3)nc(-c3ccc(-c4cc5c6ccccc6sc5c5nc6c7cc8ccccc8cc7ccc6n45)cc3)n2)cc1. The highest BCUT2D eigenvalue weighted by Crippen LogP contribution is 2.42. The molecule has 0 spiro atoms. The maximum absolute atomic E-state index is 5.45. The Bertz CT molecular complexity index is 3110. The van der Waals surface area contributed by atoms with Crippen molar-refractivity contribution in [1.82, 2.24) is 24.3 Å². The van der Waals surface area contributed by atoms with Gasteiger partial charge in [0.2, 0.25) is 0 Å². The number of benzene rings is 7. The fourth-order valence-corrected chi connectivity index (χ4v) is 8.63. The van der Waals surface area contributed by atoms with E-state index < -0.39 is 0 Å². The van der Waals surface area contributed by atoms with E-state index in [9.17, 15) is 0 Å². The average Bonchev–Trinajstić information content (AvgIpc) is 3.80. The Balaban J connectivity index is 1.13. The molecule has 0 unspecified atom stereocenters. The van der Waals surface area contributed by atoms with Crippen LogP contribution in [0.15, 0.2) is 164 Å². The highest BCUT2D eigenvalue weighted by molar-refractivity contribution is 7.26. The lowest BCUT2D eigenvalue weighted by Crippen LogP contribution is -2.00. The molecule has 0 amide bonds. The van der Waals surface area contributed by atoms with E-state index in [-0.39, 0.29) is 0 Å². The Morgan fingerprint density at radius 3 is 1.67 bits per heavy atom. The van der Waals surface area contributed by atoms with E-state index in [1.165, 1.54) is 36.3 Å². The third-order valence-electron chi connectivity index (χ3n) is 10.0. The summed E-state index contributed by atoms with van der Waals surface area (Å²) >= 11 is 1.81. The summed E-state index contributed by atoms with van der Waals surface area (Å²) in [4.78, 5) is 20.3. The summed E-state index contributed by atoms with van der Waals surface area (Å²) in [6.07, 6.45) is 0. The second-order valence-corrected chi connectivity index (χ2v) is 14.2. The largest absolute Gasteiger partial charge is 0.291 e. The lowest BCUT2D eigenvalue weighted by molar-refractivity contribution is 1.07. The van der Waals surface area contributed by atoms with Crippen LogP contribution in [0.3, 0.4) is 0 Å². The van der Waals surface area contributed by atoms with Crippen molar-refractivity contribution in [2.24, 2.45) is 0 Å². The van der Waals surface area contributed by atoms with Gasteiger partial charge in [0.05, 0.1) is 21.4 Å². The molecular weight excluding hydrogens is 655 g/mol. The van der Waals surface area contributed by atoms with Crippen LogP contribution in [0.4, 0.5) is 0 Å². The summed E-state index contributed by atoms with van der Waals surface area (Å²) in [5, 5.41) is 7.26. The number of nitrogens with zero attached hydrogens (tertiary/aromatic N) is 5. The van der Waals surface area contributed by atoms with Crippen LogP contribution < -0.4 is 0 Å². The normalized spacial score (nSPS) is 11.8. The van der Waals surface area contributed by atoms with Gasteiger partial charge >= 0.3 is 0 Å². The van der Waals surface area contributed by atoms with Gasteiger partial charge in [0.1, 0.15) is 0 Å². The van der Waals surface area contributed by atoms with Crippen molar-refractivity contribution < 1.29 is 0 Å². The van der Waals surface area contributed by atoms with E-state index in [0.29, 0.717) is 17.5 Å². The Labute approximate surface area is 302 Å². The molecule has 11 rings (SSSR count). The molecule has 0 atom stereocenters. The Kier molecular flexibility index (Phi) is 6.35. The van der Waals surface area contributed by atoms with E-state index >= 15 is 0 Å². The van der Waals surface area contributed by atoms with Gasteiger partial charge in [-0.1, -0.05) is 133 Å². The molecule has 0 saturated carbocycles. The second-order valence-electron chi connectivity index (χ2n) is 13.1. The molecule has 7 aromatic carbocycles. The smallest absolute Gasteiger partial charge is 0.164 e. The fourth-order valence-electron chi connectivity index (χ4n) is 7.47. The van der Waals surface area contributed by atoms with Crippen LogP contribution in [0.5, 0.6) is 0 Å². The van der Waals surface area contributed by atoms with Gasteiger partial charge in [0.15, 0.2) is 23.1 Å². The highest BCUT2D eigenvalue weighted by Gasteiger charge is 2.20. The molecular formula is C46H27N5S. The van der Waals surface area contributed by atoms with Crippen LogP contribution in [0, 0.1) is 0 Å². The van der Waals surface area contributed by atoms with E-state index in [1.54, 1.807) is 0 Å². The molecule has 4 aromatic heterocycles. The van der Waals surface area contributed by atoms with Gasteiger partial charge < -0.3 is 0 Å². The molecule has 6 heteroatoms. The third-order valence-corrected chi connectivity index (χ3v) is 11.2. The fraction of sp³-hybridized carbons (Fsp3) is 0. The summed E-state index contributed by atoms with van der Waals surface area (Å²) in [5.74, 6) is 1.93. The molecule has 0 radical (unpaired) electrons. The third kappa shape index (κ3) is 4.55. The summed E-state index contributed by atoms with van der Waals surface area (Å²) < 4.78 is 4.80. The van der Waals surface area contributed by atoms with Crippen LogP contribution in [-0.2, 0) is 0 Å². The molecule has 0 aliphatic carbocycles. The Morgan fingerprint density at radius 1 is 0.404 bits per heavy atom. The van der Waals surface area contributed by atoms with Crippen molar-refractivity contribution in [3.8, 4) is 45.4 Å². The topological polar surface area (TPSA) is 56.0 Å². The molecule has 0 saturated heterocycles. The number of pyridine rings is 1.